The summed E-state index contributed by atoms with van der Waals surface area (Å²) in [5, 5.41) is 0. The first kappa shape index (κ1) is 15.1. The molecular formula is C13H15BrF2N4. The minimum atomic E-state index is -0.843. The molecule has 2 aromatic rings. The molecule has 0 bridgehead atoms. The number of nitrogens with zero attached hydrogens (tertiary/aromatic N) is 2. The van der Waals surface area contributed by atoms with E-state index in [1.54, 1.807) is 12.4 Å². The van der Waals surface area contributed by atoms with Crippen molar-refractivity contribution in [1.82, 2.24) is 15.0 Å². The number of hydrogen-bond donors (Lipinski definition) is 2. The molecule has 0 spiro atoms. The second kappa shape index (κ2) is 6.43. The lowest BCUT2D eigenvalue weighted by Crippen LogP contribution is -2.32. The lowest BCUT2D eigenvalue weighted by atomic mass is 10.1. The van der Waals surface area contributed by atoms with Gasteiger partial charge in [0.25, 0.3) is 0 Å². The minimum Gasteiger partial charge on any atom is -0.333 e. The molecule has 1 atom stereocenters. The van der Waals surface area contributed by atoms with E-state index in [-0.39, 0.29) is 5.56 Å². The summed E-state index contributed by atoms with van der Waals surface area (Å²) in [5.74, 6) is 4.62. The Morgan fingerprint density at radius 3 is 2.60 bits per heavy atom. The van der Waals surface area contributed by atoms with Crippen molar-refractivity contribution >= 4 is 15.9 Å². The predicted molar refractivity (Wildman–Crippen MR) is 75.7 cm³/mol. The van der Waals surface area contributed by atoms with Crippen LogP contribution in [0.4, 0.5) is 8.78 Å². The van der Waals surface area contributed by atoms with Crippen LogP contribution in [0.15, 0.2) is 29.0 Å². The highest BCUT2D eigenvalue weighted by molar-refractivity contribution is 9.10. The highest BCUT2D eigenvalue weighted by atomic mass is 79.9. The van der Waals surface area contributed by atoms with Crippen LogP contribution < -0.4 is 11.3 Å². The summed E-state index contributed by atoms with van der Waals surface area (Å²) in [4.78, 5) is 4.16. The highest BCUT2D eigenvalue weighted by Gasteiger charge is 2.25. The van der Waals surface area contributed by atoms with E-state index in [1.807, 2.05) is 11.5 Å². The summed E-state index contributed by atoms with van der Waals surface area (Å²) in [7, 11) is 0. The van der Waals surface area contributed by atoms with E-state index in [9.17, 15) is 8.78 Å². The van der Waals surface area contributed by atoms with Crippen LogP contribution in [-0.4, -0.2) is 9.55 Å². The standard InChI is InChI=1S/C13H15BrF2N4/c1-2-4-20-5-3-18-13(20)12(19-17)11-9(15)6-8(14)7-10(11)16/h3,5-7,12,19H,2,4,17H2,1H3. The Morgan fingerprint density at radius 1 is 1.40 bits per heavy atom. The van der Waals surface area contributed by atoms with Crippen molar-refractivity contribution < 1.29 is 8.78 Å². The van der Waals surface area contributed by atoms with E-state index < -0.39 is 17.7 Å². The second-order valence-electron chi connectivity index (χ2n) is 4.36. The van der Waals surface area contributed by atoms with Crippen molar-refractivity contribution in [3.63, 3.8) is 0 Å². The quantitative estimate of drug-likeness (QED) is 0.647. The monoisotopic (exact) mass is 344 g/mol. The van der Waals surface area contributed by atoms with Crippen LogP contribution in [0.3, 0.4) is 0 Å². The summed E-state index contributed by atoms with van der Waals surface area (Å²) in [6.45, 7) is 2.71. The molecule has 0 fully saturated rings. The Bertz CT molecular complexity index is 577. The molecule has 1 heterocycles. The molecule has 1 aromatic heterocycles. The Balaban J connectivity index is 2.50. The fourth-order valence-corrected chi connectivity index (χ4v) is 2.53. The third-order valence-electron chi connectivity index (χ3n) is 2.97. The summed E-state index contributed by atoms with van der Waals surface area (Å²) in [6, 6.07) is 1.57. The van der Waals surface area contributed by atoms with Crippen molar-refractivity contribution in [2.75, 3.05) is 0 Å². The molecule has 7 heteroatoms. The molecule has 3 N–H and O–H groups in total. The van der Waals surface area contributed by atoms with Gasteiger partial charge < -0.3 is 4.57 Å². The fraction of sp³-hybridized carbons (Fsp3) is 0.308. The summed E-state index contributed by atoms with van der Waals surface area (Å²) in [6.07, 6.45) is 4.23. The number of benzene rings is 1. The van der Waals surface area contributed by atoms with E-state index in [0.717, 1.165) is 6.42 Å². The van der Waals surface area contributed by atoms with Gasteiger partial charge in [0.15, 0.2) is 0 Å². The van der Waals surface area contributed by atoms with E-state index in [1.165, 1.54) is 12.1 Å². The summed E-state index contributed by atoms with van der Waals surface area (Å²) >= 11 is 3.05. The van der Waals surface area contributed by atoms with Crippen LogP contribution in [0, 0.1) is 11.6 Å². The van der Waals surface area contributed by atoms with Crippen LogP contribution >= 0.6 is 15.9 Å². The Kier molecular flexibility index (Phi) is 4.85. The molecule has 0 aliphatic carbocycles. The van der Waals surface area contributed by atoms with Crippen molar-refractivity contribution in [2.24, 2.45) is 5.84 Å². The molecule has 0 radical (unpaired) electrons. The largest absolute Gasteiger partial charge is 0.333 e. The first-order chi connectivity index (χ1) is 9.58. The topological polar surface area (TPSA) is 55.9 Å². The third-order valence-corrected chi connectivity index (χ3v) is 3.43. The zero-order valence-corrected chi connectivity index (χ0v) is 12.5. The molecule has 1 unspecified atom stereocenters. The number of rotatable bonds is 5. The van der Waals surface area contributed by atoms with Gasteiger partial charge >= 0.3 is 0 Å². The lowest BCUT2D eigenvalue weighted by Gasteiger charge is -2.19. The first-order valence-corrected chi connectivity index (χ1v) is 6.99. The van der Waals surface area contributed by atoms with E-state index in [0.29, 0.717) is 16.8 Å². The molecule has 0 amide bonds. The van der Waals surface area contributed by atoms with Crippen LogP contribution in [0.5, 0.6) is 0 Å². The molecule has 1 aromatic carbocycles. The molecular weight excluding hydrogens is 330 g/mol. The number of aryl methyl sites for hydroxylation is 1. The molecule has 0 aliphatic heterocycles. The van der Waals surface area contributed by atoms with Gasteiger partial charge in [-0.25, -0.2) is 19.2 Å². The third kappa shape index (κ3) is 2.89. The zero-order valence-electron chi connectivity index (χ0n) is 10.9. The number of imidazole rings is 1. The normalized spacial score (nSPS) is 12.7. The van der Waals surface area contributed by atoms with Crippen molar-refractivity contribution in [3.05, 3.63) is 52.0 Å². The molecule has 20 heavy (non-hydrogen) atoms. The van der Waals surface area contributed by atoms with Crippen molar-refractivity contribution in [3.8, 4) is 0 Å². The maximum absolute atomic E-state index is 14.1. The number of halogens is 3. The lowest BCUT2D eigenvalue weighted by molar-refractivity contribution is 0.481. The Labute approximate surface area is 124 Å². The molecule has 0 saturated carbocycles. The molecule has 0 saturated heterocycles. The van der Waals surface area contributed by atoms with Gasteiger partial charge in [-0.2, -0.15) is 0 Å². The van der Waals surface area contributed by atoms with Crippen molar-refractivity contribution in [2.45, 2.75) is 25.9 Å². The van der Waals surface area contributed by atoms with Gasteiger partial charge in [-0.3, -0.25) is 5.84 Å². The number of hydrogen-bond acceptors (Lipinski definition) is 3. The van der Waals surface area contributed by atoms with Crippen molar-refractivity contribution in [1.29, 1.82) is 0 Å². The average Bonchev–Trinajstić information content (AvgIpc) is 2.82. The summed E-state index contributed by atoms with van der Waals surface area (Å²) < 4.78 is 30.3. The van der Waals surface area contributed by atoms with Gasteiger partial charge in [0.05, 0.1) is 0 Å². The van der Waals surface area contributed by atoms with Crippen LogP contribution in [0.1, 0.15) is 30.8 Å². The highest BCUT2D eigenvalue weighted by Crippen LogP contribution is 2.28. The maximum atomic E-state index is 14.1. The SMILES string of the molecule is CCCn1ccnc1C(NN)c1c(F)cc(Br)cc1F. The number of hydrazine groups is 1. The van der Waals surface area contributed by atoms with Gasteiger partial charge in [0.1, 0.15) is 23.5 Å². The zero-order chi connectivity index (χ0) is 14.7. The van der Waals surface area contributed by atoms with Crippen LogP contribution in [0.25, 0.3) is 0 Å². The molecule has 108 valence electrons. The van der Waals surface area contributed by atoms with Gasteiger partial charge in [0.2, 0.25) is 0 Å². The number of aromatic nitrogens is 2. The number of nitrogens with two attached hydrogens (primary N) is 1. The number of nitrogens with one attached hydrogen (secondary N) is 1. The molecule has 0 aliphatic rings. The Morgan fingerprint density at radius 2 is 2.05 bits per heavy atom. The first-order valence-electron chi connectivity index (χ1n) is 6.20. The smallest absolute Gasteiger partial charge is 0.132 e. The van der Waals surface area contributed by atoms with Gasteiger partial charge in [0, 0.05) is 29.0 Å². The van der Waals surface area contributed by atoms with E-state index >= 15 is 0 Å². The van der Waals surface area contributed by atoms with Crippen LogP contribution in [-0.2, 0) is 6.54 Å². The second-order valence-corrected chi connectivity index (χ2v) is 5.28. The molecule has 2 rings (SSSR count). The minimum absolute atomic E-state index is 0.140. The van der Waals surface area contributed by atoms with Gasteiger partial charge in [-0.05, 0) is 18.6 Å². The van der Waals surface area contributed by atoms with Crippen LogP contribution in [0.2, 0.25) is 0 Å². The average molecular weight is 345 g/mol. The molecule has 4 nitrogen and oxygen atoms in total. The van der Waals surface area contributed by atoms with Gasteiger partial charge in [-0.1, -0.05) is 22.9 Å². The maximum Gasteiger partial charge on any atom is 0.132 e. The van der Waals surface area contributed by atoms with E-state index in [4.69, 9.17) is 5.84 Å². The predicted octanol–water partition coefficient (Wildman–Crippen LogP) is 2.89. The summed E-state index contributed by atoms with van der Waals surface area (Å²) in [5.41, 5.74) is 2.30. The van der Waals surface area contributed by atoms with Gasteiger partial charge in [-0.15, -0.1) is 0 Å². The fourth-order valence-electron chi connectivity index (χ4n) is 2.13. The van der Waals surface area contributed by atoms with E-state index in [2.05, 4.69) is 26.3 Å². The Hall–Kier alpha value is -1.31.